The van der Waals surface area contributed by atoms with Crippen LogP contribution in [0.3, 0.4) is 0 Å². The van der Waals surface area contributed by atoms with Crippen molar-refractivity contribution in [2.45, 2.75) is 5.51 Å². The summed E-state index contributed by atoms with van der Waals surface area (Å²) in [5.41, 5.74) is -5.04. The van der Waals surface area contributed by atoms with Gasteiger partial charge < -0.3 is 14.9 Å². The van der Waals surface area contributed by atoms with Crippen molar-refractivity contribution in [3.8, 4) is 5.75 Å². The Balaban J connectivity index is 2.70. The summed E-state index contributed by atoms with van der Waals surface area (Å²) in [5.74, 6) is -0.541. The van der Waals surface area contributed by atoms with Crippen molar-refractivity contribution in [1.29, 1.82) is 5.41 Å². The van der Waals surface area contributed by atoms with Crippen LogP contribution < -0.4 is 9.50 Å². The molecule has 0 aliphatic heterocycles. The minimum absolute atomic E-state index is 0.0503. The van der Waals surface area contributed by atoms with Crippen LogP contribution in [-0.4, -0.2) is 32.2 Å². The number of hydrogen-bond acceptors (Lipinski definition) is 6. The number of nitrogens with zero attached hydrogens (tertiary/aromatic N) is 1. The number of rotatable bonds is 5. The molecule has 2 aromatic rings. The third kappa shape index (κ3) is 3.48. The Morgan fingerprint density at radius 2 is 2.08 bits per heavy atom. The minimum atomic E-state index is -5.84. The normalized spacial score (nSPS) is 12.9. The number of nitrogens with one attached hydrogen (secondary N) is 2. The molecule has 1 heterocycles. The summed E-state index contributed by atoms with van der Waals surface area (Å²) in [7, 11) is -4.36. The molecule has 2 N–H and O–H groups in total. The lowest BCUT2D eigenvalue weighted by molar-refractivity contribution is -0.0500. The van der Waals surface area contributed by atoms with Crippen molar-refractivity contribution < 1.29 is 25.8 Å². The number of halogens is 3. The van der Waals surface area contributed by atoms with Crippen LogP contribution in [0.2, 0.25) is 0 Å². The summed E-state index contributed by atoms with van der Waals surface area (Å²) in [6.07, 6.45) is 3.57. The summed E-state index contributed by atoms with van der Waals surface area (Å²) in [5, 5.41) is 10.4. The van der Waals surface area contributed by atoms with Gasteiger partial charge in [0.25, 0.3) is 0 Å². The molecule has 0 saturated carbocycles. The quantitative estimate of drug-likeness (QED) is 0.486. The lowest BCUT2D eigenvalue weighted by Crippen LogP contribution is -2.28. The highest BCUT2D eigenvalue weighted by molar-refractivity contribution is 7.88. The number of pyridine rings is 1. The van der Waals surface area contributed by atoms with Gasteiger partial charge in [0.05, 0.1) is 5.52 Å². The van der Waals surface area contributed by atoms with Crippen LogP contribution in [0.1, 0.15) is 5.56 Å². The molecule has 0 unspecified atom stereocenters. The number of fused-ring (bicyclic) bond motifs is 1. The minimum Gasteiger partial charge on any atom is -0.387 e. The molecule has 2 rings (SSSR count). The van der Waals surface area contributed by atoms with Gasteiger partial charge >= 0.3 is 15.6 Å². The highest BCUT2D eigenvalue weighted by Crippen LogP contribution is 2.33. The van der Waals surface area contributed by atoms with E-state index >= 15 is 0 Å². The molecule has 1 aromatic carbocycles. The maximum absolute atomic E-state index is 12.6. The van der Waals surface area contributed by atoms with Crippen LogP contribution >= 0.6 is 0 Å². The Labute approximate surface area is 135 Å². The number of benzene rings is 1. The number of allylic oxidation sites excluding steroid dienone is 1. The first-order valence-electron chi connectivity index (χ1n) is 6.48. The van der Waals surface area contributed by atoms with Crippen LogP contribution in [0.15, 0.2) is 36.5 Å². The van der Waals surface area contributed by atoms with Crippen LogP contribution in [-0.2, 0) is 10.1 Å². The van der Waals surface area contributed by atoms with Gasteiger partial charge in [0.2, 0.25) is 0 Å². The summed E-state index contributed by atoms with van der Waals surface area (Å²) < 4.78 is 64.7. The van der Waals surface area contributed by atoms with E-state index in [0.717, 1.165) is 12.3 Å². The summed E-state index contributed by atoms with van der Waals surface area (Å²) >= 11 is 0. The summed E-state index contributed by atoms with van der Waals surface area (Å²) in [6, 6.07) is 5.81. The topological polar surface area (TPSA) is 92.1 Å². The third-order valence-corrected chi connectivity index (χ3v) is 3.96. The van der Waals surface area contributed by atoms with E-state index in [9.17, 15) is 21.6 Å². The second kappa shape index (κ2) is 6.48. The summed E-state index contributed by atoms with van der Waals surface area (Å²) in [6.45, 7) is 0. The maximum Gasteiger partial charge on any atom is 0.534 e. The van der Waals surface area contributed by atoms with Gasteiger partial charge in [0.15, 0.2) is 5.75 Å². The number of hydrogen-bond donors (Lipinski definition) is 2. The first kappa shape index (κ1) is 17.7. The van der Waals surface area contributed by atoms with E-state index in [1.54, 1.807) is 12.1 Å². The van der Waals surface area contributed by atoms with Gasteiger partial charge in [0, 0.05) is 42.2 Å². The Morgan fingerprint density at radius 1 is 1.38 bits per heavy atom. The van der Waals surface area contributed by atoms with Crippen molar-refractivity contribution in [3.05, 3.63) is 42.1 Å². The molecule has 24 heavy (non-hydrogen) atoms. The van der Waals surface area contributed by atoms with E-state index in [0.29, 0.717) is 5.39 Å². The fraction of sp³-hybridized carbons (Fsp3) is 0.143. The zero-order chi connectivity index (χ0) is 18.0. The second-order valence-electron chi connectivity index (χ2n) is 4.52. The number of alkyl halides is 3. The monoisotopic (exact) mass is 359 g/mol. The van der Waals surface area contributed by atoms with E-state index in [-0.39, 0.29) is 16.8 Å². The Hall–Kier alpha value is -2.62. The Bertz CT molecular complexity index is 908. The second-order valence-corrected chi connectivity index (χ2v) is 6.06. The van der Waals surface area contributed by atoms with Gasteiger partial charge in [-0.05, 0) is 18.2 Å². The van der Waals surface area contributed by atoms with E-state index in [4.69, 9.17) is 5.41 Å². The molecule has 6 nitrogen and oxygen atoms in total. The highest BCUT2D eigenvalue weighted by atomic mass is 32.2. The third-order valence-electron chi connectivity index (χ3n) is 3.00. The predicted octanol–water partition coefficient (Wildman–Crippen LogP) is 2.67. The van der Waals surface area contributed by atoms with Gasteiger partial charge in [-0.15, -0.1) is 0 Å². The van der Waals surface area contributed by atoms with Crippen molar-refractivity contribution in [3.63, 3.8) is 0 Å². The van der Waals surface area contributed by atoms with Gasteiger partial charge in [0.1, 0.15) is 0 Å². The predicted molar refractivity (Wildman–Crippen MR) is 83.2 cm³/mol. The zero-order valence-corrected chi connectivity index (χ0v) is 13.1. The molecular formula is C14H12F3N3O3S. The van der Waals surface area contributed by atoms with Crippen LogP contribution in [0, 0.1) is 5.41 Å². The molecule has 0 fully saturated rings. The fourth-order valence-electron chi connectivity index (χ4n) is 1.94. The average molecular weight is 359 g/mol. The smallest absolute Gasteiger partial charge is 0.387 e. The van der Waals surface area contributed by atoms with Crippen LogP contribution in [0.5, 0.6) is 5.75 Å². The molecular weight excluding hydrogens is 347 g/mol. The number of aromatic nitrogens is 1. The van der Waals surface area contributed by atoms with E-state index < -0.39 is 21.4 Å². The van der Waals surface area contributed by atoms with Gasteiger partial charge in [-0.25, -0.2) is 0 Å². The van der Waals surface area contributed by atoms with Crippen molar-refractivity contribution in [1.82, 2.24) is 10.3 Å². The molecule has 0 saturated heterocycles. The average Bonchev–Trinajstić information content (AvgIpc) is 2.50. The first-order chi connectivity index (χ1) is 11.2. The molecule has 128 valence electrons. The molecule has 0 radical (unpaired) electrons. The molecule has 0 amide bonds. The van der Waals surface area contributed by atoms with Crippen molar-refractivity contribution in [2.24, 2.45) is 0 Å². The lowest BCUT2D eigenvalue weighted by atomic mass is 10.1. The van der Waals surface area contributed by atoms with E-state index in [2.05, 4.69) is 14.5 Å². The first-order valence-corrected chi connectivity index (χ1v) is 7.89. The highest BCUT2D eigenvalue weighted by Gasteiger charge is 2.48. The molecule has 0 aliphatic carbocycles. The zero-order valence-electron chi connectivity index (χ0n) is 12.3. The molecule has 0 aliphatic rings. The molecule has 10 heteroatoms. The van der Waals surface area contributed by atoms with Crippen molar-refractivity contribution in [2.75, 3.05) is 7.05 Å². The Kier molecular flexibility index (Phi) is 4.78. The molecule has 0 spiro atoms. The largest absolute Gasteiger partial charge is 0.534 e. The van der Waals surface area contributed by atoms with Crippen molar-refractivity contribution >= 4 is 32.9 Å². The van der Waals surface area contributed by atoms with Gasteiger partial charge in [-0.1, -0.05) is 6.07 Å². The fourth-order valence-corrected chi connectivity index (χ4v) is 2.41. The molecule has 0 atom stereocenters. The molecule has 0 bridgehead atoms. The summed E-state index contributed by atoms with van der Waals surface area (Å²) in [4.78, 5) is 3.97. The SMILES string of the molecule is CN/C(=C\C=N)c1cc2cccnc2cc1OS(=O)(=O)C(F)(F)F. The maximum atomic E-state index is 12.6. The lowest BCUT2D eigenvalue weighted by Gasteiger charge is -2.15. The van der Waals surface area contributed by atoms with Crippen LogP contribution in [0.25, 0.3) is 16.6 Å². The standard InChI is InChI=1S/C14H12F3N3O3S/c1-19-11(4-5-18)10-7-9-3-2-6-20-12(9)8-13(10)23-24(21,22)14(15,16)17/h2-8,18-19H,1H3/b11-4-,18-5?. The van der Waals surface area contributed by atoms with E-state index in [1.807, 2.05) is 0 Å². The molecule has 1 aromatic heterocycles. The van der Waals surface area contributed by atoms with E-state index in [1.165, 1.54) is 25.4 Å². The van der Waals surface area contributed by atoms with Crippen LogP contribution in [0.4, 0.5) is 13.2 Å². The Morgan fingerprint density at radius 3 is 2.67 bits per heavy atom. The van der Waals surface area contributed by atoms with Gasteiger partial charge in [-0.3, -0.25) is 4.98 Å². The van der Waals surface area contributed by atoms with Gasteiger partial charge in [-0.2, -0.15) is 21.6 Å².